The van der Waals surface area contributed by atoms with Crippen LogP contribution in [0.5, 0.6) is 5.75 Å². The minimum Gasteiger partial charge on any atom is -0.497 e. The van der Waals surface area contributed by atoms with Gasteiger partial charge in [0.2, 0.25) is 0 Å². The van der Waals surface area contributed by atoms with Crippen LogP contribution in [-0.2, 0) is 17.7 Å². The quantitative estimate of drug-likeness (QED) is 0.267. The van der Waals surface area contributed by atoms with Gasteiger partial charge in [0.05, 0.1) is 30.7 Å². The zero-order chi connectivity index (χ0) is 29.5. The van der Waals surface area contributed by atoms with Crippen molar-refractivity contribution < 1.29 is 27.8 Å². The molecule has 0 spiro atoms. The predicted molar refractivity (Wildman–Crippen MR) is 160 cm³/mol. The molecule has 0 radical (unpaired) electrons. The number of thioether (sulfide) groups is 1. The number of pyridine rings is 1. The van der Waals surface area contributed by atoms with Gasteiger partial charge in [0.1, 0.15) is 23.2 Å². The number of aliphatic hydroxyl groups is 1. The number of aliphatic hydroxyl groups excluding tert-OH is 1. The molecule has 42 heavy (non-hydrogen) atoms. The Morgan fingerprint density at radius 3 is 2.45 bits per heavy atom. The van der Waals surface area contributed by atoms with Crippen LogP contribution in [0.4, 0.5) is 13.2 Å². The lowest BCUT2D eigenvalue weighted by atomic mass is 9.75. The van der Waals surface area contributed by atoms with Crippen LogP contribution < -0.4 is 4.74 Å². The number of hydrogen-bond acceptors (Lipinski definition) is 7. The summed E-state index contributed by atoms with van der Waals surface area (Å²) in [5.41, 5.74) is 3.36. The number of halogens is 3. The number of fused-ring (bicyclic) bond motifs is 1. The summed E-state index contributed by atoms with van der Waals surface area (Å²) in [6, 6.07) is 7.48. The van der Waals surface area contributed by atoms with Crippen molar-refractivity contribution in [3.05, 3.63) is 65.1 Å². The number of likely N-dealkylation sites (tertiary alicyclic amines) is 1. The van der Waals surface area contributed by atoms with E-state index in [-0.39, 0.29) is 16.9 Å². The van der Waals surface area contributed by atoms with Crippen molar-refractivity contribution in [2.75, 3.05) is 65.4 Å². The summed E-state index contributed by atoms with van der Waals surface area (Å²) in [6.07, 6.45) is 6.52. The molecule has 2 saturated heterocycles. The highest BCUT2D eigenvalue weighted by atomic mass is 32.2. The Hall–Kier alpha value is -2.37. The van der Waals surface area contributed by atoms with E-state index in [4.69, 9.17) is 14.5 Å². The van der Waals surface area contributed by atoms with Crippen molar-refractivity contribution in [2.45, 2.75) is 43.5 Å². The summed E-state index contributed by atoms with van der Waals surface area (Å²) in [4.78, 5) is 9.32. The van der Waals surface area contributed by atoms with E-state index in [2.05, 4.69) is 15.9 Å². The molecular formula is C32H40F3N3O3S. The highest BCUT2D eigenvalue weighted by Gasteiger charge is 2.33. The van der Waals surface area contributed by atoms with Crippen LogP contribution in [0.3, 0.4) is 0 Å². The number of morpholine rings is 1. The minimum absolute atomic E-state index is 0.132. The van der Waals surface area contributed by atoms with Gasteiger partial charge in [-0.25, -0.2) is 13.2 Å². The normalized spacial score (nSPS) is 18.0. The van der Waals surface area contributed by atoms with Crippen LogP contribution in [0.25, 0.3) is 10.9 Å². The number of methoxy groups -OCH3 is 1. The molecule has 0 bridgehead atoms. The molecule has 2 aliphatic rings. The third-order valence-electron chi connectivity index (χ3n) is 8.78. The van der Waals surface area contributed by atoms with Crippen LogP contribution in [0.15, 0.2) is 41.4 Å². The maximum Gasteiger partial charge on any atom is 0.142 e. The fourth-order valence-corrected chi connectivity index (χ4v) is 7.10. The fourth-order valence-electron chi connectivity index (χ4n) is 6.15. The first-order valence-electron chi connectivity index (χ1n) is 14.7. The van der Waals surface area contributed by atoms with Gasteiger partial charge in [-0.3, -0.25) is 9.88 Å². The van der Waals surface area contributed by atoms with Gasteiger partial charge >= 0.3 is 0 Å². The van der Waals surface area contributed by atoms with E-state index in [1.165, 1.54) is 11.1 Å². The number of aryl methyl sites for hydroxylation is 1. The minimum atomic E-state index is -0.907. The Kier molecular flexibility index (Phi) is 10.7. The Morgan fingerprint density at radius 1 is 1.02 bits per heavy atom. The van der Waals surface area contributed by atoms with Crippen molar-refractivity contribution in [3.63, 3.8) is 0 Å². The Balaban J connectivity index is 1.19. The van der Waals surface area contributed by atoms with E-state index >= 15 is 0 Å². The largest absolute Gasteiger partial charge is 0.497 e. The lowest BCUT2D eigenvalue weighted by molar-refractivity contribution is 0.0338. The van der Waals surface area contributed by atoms with E-state index in [9.17, 15) is 18.3 Å². The summed E-state index contributed by atoms with van der Waals surface area (Å²) < 4.78 is 52.2. The van der Waals surface area contributed by atoms with Crippen molar-refractivity contribution in [1.29, 1.82) is 0 Å². The molecule has 1 N–H and O–H groups in total. The predicted octanol–water partition coefficient (Wildman–Crippen LogP) is 5.68. The van der Waals surface area contributed by atoms with E-state index in [1.807, 2.05) is 18.3 Å². The van der Waals surface area contributed by atoms with Gasteiger partial charge in [0.15, 0.2) is 0 Å². The molecule has 2 aliphatic heterocycles. The molecule has 3 heterocycles. The first kappa shape index (κ1) is 31.1. The van der Waals surface area contributed by atoms with Gasteiger partial charge in [-0.05, 0) is 79.9 Å². The standard InChI is InChI=1S/C32H40F3N3O3S/c1-40-25-4-5-30-27(19-25)26(23(20-36-30)21-38-11-14-41-15-12-38)3-2-6-32(22-39)7-9-37(10-8-32)13-16-42-31-28(34)17-24(33)18-29(31)35/h4-5,17-20,39H,2-3,6-16,21-22H2,1H3. The summed E-state index contributed by atoms with van der Waals surface area (Å²) in [7, 11) is 1.68. The molecule has 6 nitrogen and oxygen atoms in total. The van der Waals surface area contributed by atoms with Gasteiger partial charge in [-0.2, -0.15) is 0 Å². The summed E-state index contributed by atoms with van der Waals surface area (Å²) in [5.74, 6) is -1.30. The summed E-state index contributed by atoms with van der Waals surface area (Å²) in [6.45, 7) is 6.63. The lowest BCUT2D eigenvalue weighted by Crippen LogP contribution is -2.42. The van der Waals surface area contributed by atoms with Gasteiger partial charge in [0, 0.05) is 62.3 Å². The summed E-state index contributed by atoms with van der Waals surface area (Å²) in [5, 5.41) is 11.6. The second-order valence-corrected chi connectivity index (χ2v) is 12.5. The van der Waals surface area contributed by atoms with E-state index in [0.29, 0.717) is 12.3 Å². The molecule has 1 aromatic heterocycles. The highest BCUT2D eigenvalue weighted by Crippen LogP contribution is 2.37. The molecule has 0 amide bonds. The molecular weight excluding hydrogens is 563 g/mol. The van der Waals surface area contributed by atoms with Crippen LogP contribution in [0.2, 0.25) is 0 Å². The van der Waals surface area contributed by atoms with Crippen LogP contribution in [0, 0.1) is 22.9 Å². The maximum atomic E-state index is 14.0. The molecule has 0 saturated carbocycles. The Morgan fingerprint density at radius 2 is 1.76 bits per heavy atom. The molecule has 2 aromatic carbocycles. The molecule has 0 atom stereocenters. The number of piperidine rings is 1. The first-order valence-corrected chi connectivity index (χ1v) is 15.7. The number of rotatable bonds is 12. The molecule has 0 unspecified atom stereocenters. The fraction of sp³-hybridized carbons (Fsp3) is 0.531. The molecule has 5 rings (SSSR count). The van der Waals surface area contributed by atoms with Gasteiger partial charge in [-0.15, -0.1) is 11.8 Å². The number of aromatic nitrogens is 1. The zero-order valence-corrected chi connectivity index (χ0v) is 25.0. The van der Waals surface area contributed by atoms with E-state index < -0.39 is 17.5 Å². The molecule has 3 aromatic rings. The second kappa shape index (κ2) is 14.4. The summed E-state index contributed by atoms with van der Waals surface area (Å²) >= 11 is 1.08. The monoisotopic (exact) mass is 603 g/mol. The smallest absolute Gasteiger partial charge is 0.142 e. The Bertz CT molecular complexity index is 1320. The van der Waals surface area contributed by atoms with Crippen molar-refractivity contribution in [1.82, 2.24) is 14.8 Å². The average molecular weight is 604 g/mol. The second-order valence-electron chi connectivity index (χ2n) is 11.4. The number of ether oxygens (including phenoxy) is 2. The lowest BCUT2D eigenvalue weighted by Gasteiger charge is -2.41. The SMILES string of the molecule is COc1ccc2ncc(CN3CCOCC3)c(CCCC3(CO)CCN(CCSc4c(F)cc(F)cc4F)CC3)c2c1. The van der Waals surface area contributed by atoms with Crippen molar-refractivity contribution >= 4 is 22.7 Å². The number of nitrogens with zero attached hydrogens (tertiary/aromatic N) is 3. The van der Waals surface area contributed by atoms with Crippen LogP contribution in [-0.4, -0.2) is 85.3 Å². The van der Waals surface area contributed by atoms with Gasteiger partial charge < -0.3 is 19.5 Å². The first-order chi connectivity index (χ1) is 20.4. The van der Waals surface area contributed by atoms with E-state index in [1.54, 1.807) is 7.11 Å². The van der Waals surface area contributed by atoms with Crippen LogP contribution in [0.1, 0.15) is 36.8 Å². The van der Waals surface area contributed by atoms with Gasteiger partial charge in [-0.1, -0.05) is 0 Å². The number of hydrogen-bond donors (Lipinski definition) is 1. The molecule has 228 valence electrons. The topological polar surface area (TPSA) is 58.1 Å². The van der Waals surface area contributed by atoms with Crippen LogP contribution >= 0.6 is 11.8 Å². The zero-order valence-electron chi connectivity index (χ0n) is 24.2. The maximum absolute atomic E-state index is 14.0. The Labute approximate surface area is 250 Å². The molecule has 2 fully saturated rings. The van der Waals surface area contributed by atoms with Crippen molar-refractivity contribution in [2.24, 2.45) is 5.41 Å². The third-order valence-corrected chi connectivity index (χ3v) is 9.84. The molecule has 10 heteroatoms. The third kappa shape index (κ3) is 7.58. The van der Waals surface area contributed by atoms with Gasteiger partial charge in [0.25, 0.3) is 0 Å². The average Bonchev–Trinajstić information content (AvgIpc) is 3.00. The van der Waals surface area contributed by atoms with Crippen molar-refractivity contribution in [3.8, 4) is 5.75 Å². The van der Waals surface area contributed by atoms with E-state index in [0.717, 1.165) is 119 Å². The number of benzene rings is 2. The molecule has 0 aliphatic carbocycles. The highest BCUT2D eigenvalue weighted by molar-refractivity contribution is 7.99.